The molecular formula is C27H48N2O2. The van der Waals surface area contributed by atoms with Gasteiger partial charge in [0.15, 0.2) is 0 Å². The van der Waals surface area contributed by atoms with E-state index in [0.29, 0.717) is 35.1 Å². The van der Waals surface area contributed by atoms with Crippen LogP contribution in [0.1, 0.15) is 85.5 Å². The van der Waals surface area contributed by atoms with E-state index in [-0.39, 0.29) is 23.7 Å². The summed E-state index contributed by atoms with van der Waals surface area (Å²) < 4.78 is 0. The molecule has 1 saturated heterocycles. The minimum Gasteiger partial charge on any atom is -0.393 e. The number of nitrogens with one attached hydrogen (secondary N) is 1. The Morgan fingerprint density at radius 2 is 1.65 bits per heavy atom. The molecule has 0 aromatic rings. The molecule has 5 N–H and O–H groups in total. The fourth-order valence-electron chi connectivity index (χ4n) is 10.2. The highest BCUT2D eigenvalue weighted by atomic mass is 16.3. The molecule has 31 heavy (non-hydrogen) atoms. The van der Waals surface area contributed by atoms with E-state index in [2.05, 4.69) is 33.0 Å². The van der Waals surface area contributed by atoms with Crippen molar-refractivity contribution in [2.24, 2.45) is 58.0 Å². The molecule has 0 aromatic heterocycles. The Bertz CT molecular complexity index is 672. The quantitative estimate of drug-likeness (QED) is 0.533. The first kappa shape index (κ1) is 22.6. The summed E-state index contributed by atoms with van der Waals surface area (Å²) in [5, 5.41) is 25.9. The smallest absolute Gasteiger partial charge is 0.0698 e. The first-order chi connectivity index (χ1) is 14.6. The van der Waals surface area contributed by atoms with Crippen LogP contribution >= 0.6 is 0 Å². The average molecular weight is 433 g/mol. The lowest BCUT2D eigenvalue weighted by Gasteiger charge is -2.61. The Hall–Kier alpha value is -0.160. The first-order valence-electron chi connectivity index (χ1n) is 13.5. The number of hydrogen-bond acceptors (Lipinski definition) is 4. The molecule has 5 aliphatic rings. The SMILES string of the molecule is C[C@H]1CN[C@H]([C@@H](C)[C@H]2[C@H](O)C[C@@H]3[C@H]4CC[C@H]5C[C@@H](N)CC[C@]5(C)[C@H]4CC[C@]23C)[C@@H](O)C1. The van der Waals surface area contributed by atoms with E-state index < -0.39 is 0 Å². The third kappa shape index (κ3) is 3.45. The van der Waals surface area contributed by atoms with Crippen LogP contribution in [0.5, 0.6) is 0 Å². The van der Waals surface area contributed by atoms with Crippen molar-refractivity contribution in [1.29, 1.82) is 0 Å². The molecule has 4 heteroatoms. The zero-order chi connectivity index (χ0) is 22.1. The van der Waals surface area contributed by atoms with Gasteiger partial charge in [-0.3, -0.25) is 0 Å². The van der Waals surface area contributed by atoms with E-state index in [1.165, 1.54) is 44.9 Å². The second-order valence-electron chi connectivity index (χ2n) is 13.3. The molecule has 0 aromatic carbocycles. The van der Waals surface area contributed by atoms with Crippen LogP contribution in [-0.2, 0) is 0 Å². The van der Waals surface area contributed by atoms with Crippen LogP contribution in [0.25, 0.3) is 0 Å². The molecule has 5 rings (SSSR count). The van der Waals surface area contributed by atoms with Gasteiger partial charge >= 0.3 is 0 Å². The molecule has 4 nitrogen and oxygen atoms in total. The zero-order valence-corrected chi connectivity index (χ0v) is 20.4. The zero-order valence-electron chi connectivity index (χ0n) is 20.4. The van der Waals surface area contributed by atoms with Crippen LogP contribution in [0.3, 0.4) is 0 Å². The van der Waals surface area contributed by atoms with Gasteiger partial charge in [-0.25, -0.2) is 0 Å². The van der Waals surface area contributed by atoms with E-state index >= 15 is 0 Å². The lowest BCUT2D eigenvalue weighted by atomic mass is 9.44. The van der Waals surface area contributed by atoms with Crippen LogP contribution in [0.4, 0.5) is 0 Å². The van der Waals surface area contributed by atoms with Gasteiger partial charge in [0.05, 0.1) is 12.2 Å². The van der Waals surface area contributed by atoms with Gasteiger partial charge in [-0.1, -0.05) is 27.7 Å². The number of fused-ring (bicyclic) bond motifs is 5. The number of hydrogen-bond donors (Lipinski definition) is 4. The van der Waals surface area contributed by atoms with E-state index in [0.717, 1.165) is 37.1 Å². The van der Waals surface area contributed by atoms with Crippen molar-refractivity contribution in [2.45, 2.75) is 110 Å². The van der Waals surface area contributed by atoms with Gasteiger partial charge in [0.2, 0.25) is 0 Å². The van der Waals surface area contributed by atoms with Crippen molar-refractivity contribution in [3.8, 4) is 0 Å². The van der Waals surface area contributed by atoms with Crippen LogP contribution in [-0.4, -0.2) is 41.0 Å². The minimum absolute atomic E-state index is 0.122. The third-order valence-corrected chi connectivity index (χ3v) is 11.7. The lowest BCUT2D eigenvalue weighted by Crippen LogP contribution is -2.57. The highest BCUT2D eigenvalue weighted by Crippen LogP contribution is 2.68. The molecule has 13 atom stereocenters. The van der Waals surface area contributed by atoms with Gasteiger partial charge in [-0.2, -0.15) is 0 Å². The first-order valence-corrected chi connectivity index (χ1v) is 13.5. The Morgan fingerprint density at radius 3 is 2.39 bits per heavy atom. The molecule has 178 valence electrons. The highest BCUT2D eigenvalue weighted by Gasteiger charge is 2.63. The van der Waals surface area contributed by atoms with Gasteiger partial charge in [0.1, 0.15) is 0 Å². The molecule has 1 heterocycles. The van der Waals surface area contributed by atoms with Gasteiger partial charge in [0, 0.05) is 12.1 Å². The van der Waals surface area contributed by atoms with Crippen LogP contribution in [0.15, 0.2) is 0 Å². The van der Waals surface area contributed by atoms with E-state index in [1.54, 1.807) is 0 Å². The predicted molar refractivity (Wildman–Crippen MR) is 125 cm³/mol. The van der Waals surface area contributed by atoms with Crippen LogP contribution in [0.2, 0.25) is 0 Å². The summed E-state index contributed by atoms with van der Waals surface area (Å²) in [6, 6.07) is 0.538. The summed E-state index contributed by atoms with van der Waals surface area (Å²) in [7, 11) is 0. The summed E-state index contributed by atoms with van der Waals surface area (Å²) in [5.41, 5.74) is 7.05. The maximum Gasteiger partial charge on any atom is 0.0698 e. The van der Waals surface area contributed by atoms with Crippen molar-refractivity contribution in [2.75, 3.05) is 6.54 Å². The second-order valence-corrected chi connectivity index (χ2v) is 13.3. The van der Waals surface area contributed by atoms with Gasteiger partial charge < -0.3 is 21.3 Å². The van der Waals surface area contributed by atoms with Crippen molar-refractivity contribution < 1.29 is 10.2 Å². The maximum atomic E-state index is 11.4. The number of rotatable bonds is 2. The van der Waals surface area contributed by atoms with Crippen molar-refractivity contribution in [3.63, 3.8) is 0 Å². The molecule has 0 unspecified atom stereocenters. The third-order valence-electron chi connectivity index (χ3n) is 11.7. The number of piperidine rings is 1. The normalized spacial score (nSPS) is 58.2. The standard InChI is InChI=1S/C27H48N2O2/c1-15-11-23(31)25(29-14-15)16(2)24-22(30)13-21-19-6-5-17-12-18(28)7-9-26(17,3)20(19)8-10-27(21,24)4/h15-25,29-31H,5-14,28H2,1-4H3/t15-,16+,17+,18+,19+,20+,21-,22-,23+,24+,25-,26+,27+/m1/s1. The van der Waals surface area contributed by atoms with Crippen molar-refractivity contribution in [3.05, 3.63) is 0 Å². The topological polar surface area (TPSA) is 78.5 Å². The number of nitrogens with two attached hydrogens (primary N) is 1. The average Bonchev–Trinajstić information content (AvgIpc) is 2.98. The monoisotopic (exact) mass is 432 g/mol. The molecule has 4 aliphatic carbocycles. The number of aliphatic hydroxyl groups is 2. The summed E-state index contributed by atoms with van der Waals surface area (Å²) in [4.78, 5) is 0. The fourth-order valence-corrected chi connectivity index (χ4v) is 10.2. The summed E-state index contributed by atoms with van der Waals surface area (Å²) in [6.07, 6.45) is 10.4. The lowest BCUT2D eigenvalue weighted by molar-refractivity contribution is -0.120. The van der Waals surface area contributed by atoms with E-state index in [1.807, 2.05) is 0 Å². The highest BCUT2D eigenvalue weighted by molar-refractivity contribution is 5.13. The summed E-state index contributed by atoms with van der Waals surface area (Å²) in [6.45, 7) is 10.6. The fraction of sp³-hybridized carbons (Fsp3) is 1.00. The largest absolute Gasteiger partial charge is 0.393 e. The van der Waals surface area contributed by atoms with Crippen molar-refractivity contribution in [1.82, 2.24) is 5.32 Å². The van der Waals surface area contributed by atoms with Crippen molar-refractivity contribution >= 4 is 0 Å². The maximum absolute atomic E-state index is 11.4. The Labute approximate surface area is 190 Å². The Morgan fingerprint density at radius 1 is 0.903 bits per heavy atom. The molecule has 0 bridgehead atoms. The van der Waals surface area contributed by atoms with E-state index in [4.69, 9.17) is 5.73 Å². The van der Waals surface area contributed by atoms with Crippen LogP contribution < -0.4 is 11.1 Å². The molecule has 0 amide bonds. The summed E-state index contributed by atoms with van der Waals surface area (Å²) in [5.74, 6) is 4.18. The van der Waals surface area contributed by atoms with E-state index in [9.17, 15) is 10.2 Å². The molecule has 4 saturated carbocycles. The van der Waals surface area contributed by atoms with Gasteiger partial charge in [-0.15, -0.1) is 0 Å². The Kier molecular flexibility index (Phi) is 5.81. The predicted octanol–water partition coefficient (Wildman–Crippen LogP) is 3.94. The molecule has 1 aliphatic heterocycles. The van der Waals surface area contributed by atoms with Crippen LogP contribution in [0, 0.1) is 52.3 Å². The van der Waals surface area contributed by atoms with Gasteiger partial charge in [0.25, 0.3) is 0 Å². The minimum atomic E-state index is -0.286. The summed E-state index contributed by atoms with van der Waals surface area (Å²) >= 11 is 0. The molecular weight excluding hydrogens is 384 g/mol. The number of aliphatic hydroxyl groups excluding tert-OH is 2. The Balaban J connectivity index is 1.38. The molecule has 5 fully saturated rings. The second kappa shape index (κ2) is 7.96. The van der Waals surface area contributed by atoms with Gasteiger partial charge in [-0.05, 0) is 117 Å². The molecule has 0 spiro atoms. The molecule has 0 radical (unpaired) electrons.